The third kappa shape index (κ3) is 1.80. The summed E-state index contributed by atoms with van der Waals surface area (Å²) in [7, 11) is 0. The molecule has 0 amide bonds. The summed E-state index contributed by atoms with van der Waals surface area (Å²) in [6.45, 7) is 0. The lowest BCUT2D eigenvalue weighted by atomic mass is 10.3. The van der Waals surface area contributed by atoms with Gasteiger partial charge in [0.15, 0.2) is 5.17 Å². The topological polar surface area (TPSA) is 45.5 Å². The molecule has 0 bridgehead atoms. The number of nitrogens with zero attached hydrogens (tertiary/aromatic N) is 2. The van der Waals surface area contributed by atoms with Crippen molar-refractivity contribution >= 4 is 40.0 Å². The summed E-state index contributed by atoms with van der Waals surface area (Å²) >= 11 is 16.9. The molecule has 1 aromatic heterocycles. The highest BCUT2D eigenvalue weighted by molar-refractivity contribution is 6.71. The zero-order chi connectivity index (χ0) is 9.14. The van der Waals surface area contributed by atoms with Gasteiger partial charge in [-0.15, -0.1) is 0 Å². The molecule has 64 valence electrons. The zero-order valence-electron chi connectivity index (χ0n) is 5.63. The standard InChI is InChI=1S/C6H3Cl3N2O/c7-3-1-10-2-4(8)5(3)6(9)11-12/h1-2,12H. The molecule has 0 atom stereocenters. The van der Waals surface area contributed by atoms with E-state index < -0.39 is 0 Å². The van der Waals surface area contributed by atoms with E-state index in [1.54, 1.807) is 0 Å². The van der Waals surface area contributed by atoms with Crippen LogP contribution in [0.4, 0.5) is 0 Å². The summed E-state index contributed by atoms with van der Waals surface area (Å²) in [5, 5.41) is 11.4. The Labute approximate surface area is 83.6 Å². The van der Waals surface area contributed by atoms with Gasteiger partial charge in [-0.1, -0.05) is 40.0 Å². The number of rotatable bonds is 1. The van der Waals surface area contributed by atoms with Crippen LogP contribution in [0.25, 0.3) is 0 Å². The second-order valence-corrected chi connectivity index (χ2v) is 3.04. The summed E-state index contributed by atoms with van der Waals surface area (Å²) < 4.78 is 0. The molecule has 0 aliphatic heterocycles. The summed E-state index contributed by atoms with van der Waals surface area (Å²) in [5.74, 6) is 0. The van der Waals surface area contributed by atoms with Crippen molar-refractivity contribution in [2.24, 2.45) is 5.16 Å². The minimum atomic E-state index is -0.160. The Balaban J connectivity index is 3.31. The Morgan fingerprint density at radius 1 is 1.33 bits per heavy atom. The second-order valence-electron chi connectivity index (χ2n) is 1.87. The maximum atomic E-state index is 8.36. The zero-order valence-corrected chi connectivity index (χ0v) is 7.90. The van der Waals surface area contributed by atoms with E-state index >= 15 is 0 Å². The number of hydrogen-bond acceptors (Lipinski definition) is 3. The fraction of sp³-hybridized carbons (Fsp3) is 0. The van der Waals surface area contributed by atoms with E-state index in [9.17, 15) is 0 Å². The van der Waals surface area contributed by atoms with Crippen molar-refractivity contribution < 1.29 is 5.21 Å². The van der Waals surface area contributed by atoms with Gasteiger partial charge in [0.05, 0.1) is 15.6 Å². The molecule has 1 N–H and O–H groups in total. The van der Waals surface area contributed by atoms with Crippen LogP contribution in [0.15, 0.2) is 17.5 Å². The highest BCUT2D eigenvalue weighted by Crippen LogP contribution is 2.24. The van der Waals surface area contributed by atoms with Crippen LogP contribution in [-0.4, -0.2) is 15.4 Å². The third-order valence-corrected chi connectivity index (χ3v) is 1.99. The predicted octanol–water partition coefficient (Wildman–Crippen LogP) is 2.76. The average Bonchev–Trinajstić information content (AvgIpc) is 2.03. The SMILES string of the molecule is ON=C(Cl)c1c(Cl)cncc1Cl. The minimum absolute atomic E-state index is 0.160. The molecular formula is C6H3Cl3N2O. The van der Waals surface area contributed by atoms with Crippen molar-refractivity contribution in [3.63, 3.8) is 0 Å². The number of oxime groups is 1. The van der Waals surface area contributed by atoms with E-state index in [1.807, 2.05) is 0 Å². The maximum absolute atomic E-state index is 8.36. The number of hydrogen-bond donors (Lipinski definition) is 1. The van der Waals surface area contributed by atoms with Crippen LogP contribution in [0, 0.1) is 0 Å². The quantitative estimate of drug-likeness (QED) is 0.454. The summed E-state index contributed by atoms with van der Waals surface area (Å²) in [4.78, 5) is 3.70. The van der Waals surface area contributed by atoms with E-state index in [4.69, 9.17) is 40.0 Å². The molecule has 0 spiro atoms. The predicted molar refractivity (Wildman–Crippen MR) is 48.4 cm³/mol. The first-order valence-corrected chi connectivity index (χ1v) is 3.97. The molecule has 0 unspecified atom stereocenters. The Hall–Kier alpha value is -0.510. The smallest absolute Gasteiger partial charge is 0.178 e. The average molecular weight is 225 g/mol. The fourth-order valence-electron chi connectivity index (χ4n) is 0.658. The van der Waals surface area contributed by atoms with Crippen molar-refractivity contribution in [3.8, 4) is 0 Å². The Morgan fingerprint density at radius 2 is 1.83 bits per heavy atom. The molecule has 1 aromatic rings. The minimum Gasteiger partial charge on any atom is -0.410 e. The maximum Gasteiger partial charge on any atom is 0.178 e. The first kappa shape index (κ1) is 9.58. The Bertz CT molecular complexity index is 306. The lowest BCUT2D eigenvalue weighted by Gasteiger charge is -2.00. The molecule has 0 saturated heterocycles. The molecule has 6 heteroatoms. The number of pyridine rings is 1. The van der Waals surface area contributed by atoms with Crippen LogP contribution >= 0.6 is 34.8 Å². The van der Waals surface area contributed by atoms with Crippen LogP contribution in [0.3, 0.4) is 0 Å². The van der Waals surface area contributed by atoms with Gasteiger partial charge >= 0.3 is 0 Å². The Kier molecular flexibility index (Phi) is 3.14. The van der Waals surface area contributed by atoms with Crippen molar-refractivity contribution in [2.75, 3.05) is 0 Å². The van der Waals surface area contributed by atoms with Gasteiger partial charge in [0, 0.05) is 12.4 Å². The summed E-state index contributed by atoms with van der Waals surface area (Å²) in [5.41, 5.74) is 0.275. The molecule has 0 radical (unpaired) electrons. The van der Waals surface area contributed by atoms with Gasteiger partial charge in [-0.25, -0.2) is 0 Å². The lowest BCUT2D eigenvalue weighted by Crippen LogP contribution is -1.94. The first-order valence-electron chi connectivity index (χ1n) is 2.83. The monoisotopic (exact) mass is 224 g/mol. The van der Waals surface area contributed by atoms with Crippen LogP contribution in [0.2, 0.25) is 10.0 Å². The summed E-state index contributed by atoms with van der Waals surface area (Å²) in [6.07, 6.45) is 2.71. The molecule has 0 fully saturated rings. The van der Waals surface area contributed by atoms with E-state index in [0.717, 1.165) is 0 Å². The molecule has 1 rings (SSSR count). The highest BCUT2D eigenvalue weighted by Gasteiger charge is 2.10. The van der Waals surface area contributed by atoms with E-state index in [2.05, 4.69) is 10.1 Å². The van der Waals surface area contributed by atoms with Crippen molar-refractivity contribution in [2.45, 2.75) is 0 Å². The van der Waals surface area contributed by atoms with Gasteiger partial charge < -0.3 is 5.21 Å². The molecule has 0 aliphatic rings. The van der Waals surface area contributed by atoms with E-state index in [1.165, 1.54) is 12.4 Å². The summed E-state index contributed by atoms with van der Waals surface area (Å²) in [6, 6.07) is 0. The van der Waals surface area contributed by atoms with E-state index in [0.29, 0.717) is 0 Å². The molecule has 1 heterocycles. The van der Waals surface area contributed by atoms with Crippen LogP contribution in [0.5, 0.6) is 0 Å². The number of aromatic nitrogens is 1. The van der Waals surface area contributed by atoms with Crippen LogP contribution < -0.4 is 0 Å². The van der Waals surface area contributed by atoms with Crippen molar-refractivity contribution in [3.05, 3.63) is 28.0 Å². The highest BCUT2D eigenvalue weighted by atomic mass is 35.5. The van der Waals surface area contributed by atoms with Gasteiger partial charge in [0.2, 0.25) is 0 Å². The van der Waals surface area contributed by atoms with Crippen LogP contribution in [0.1, 0.15) is 5.56 Å². The van der Waals surface area contributed by atoms with Gasteiger partial charge in [-0.3, -0.25) is 4.98 Å². The van der Waals surface area contributed by atoms with Gasteiger partial charge in [0.1, 0.15) is 0 Å². The van der Waals surface area contributed by atoms with Crippen LogP contribution in [-0.2, 0) is 0 Å². The van der Waals surface area contributed by atoms with Gasteiger partial charge in [-0.2, -0.15) is 0 Å². The van der Waals surface area contributed by atoms with Gasteiger partial charge in [-0.05, 0) is 0 Å². The molecular weight excluding hydrogens is 222 g/mol. The van der Waals surface area contributed by atoms with Crippen molar-refractivity contribution in [1.82, 2.24) is 4.98 Å². The molecule has 3 nitrogen and oxygen atoms in total. The third-order valence-electron chi connectivity index (χ3n) is 1.15. The molecule has 0 aromatic carbocycles. The van der Waals surface area contributed by atoms with E-state index in [-0.39, 0.29) is 20.8 Å². The lowest BCUT2D eigenvalue weighted by molar-refractivity contribution is 0.321. The largest absolute Gasteiger partial charge is 0.410 e. The second kappa shape index (κ2) is 3.94. The van der Waals surface area contributed by atoms with Crippen molar-refractivity contribution in [1.29, 1.82) is 0 Å². The molecule has 0 saturated carbocycles. The van der Waals surface area contributed by atoms with Gasteiger partial charge in [0.25, 0.3) is 0 Å². The normalized spacial score (nSPS) is 11.8. The first-order chi connectivity index (χ1) is 5.66. The Morgan fingerprint density at radius 3 is 2.25 bits per heavy atom. The fourth-order valence-corrected chi connectivity index (χ4v) is 1.50. The number of halogens is 3. The molecule has 12 heavy (non-hydrogen) atoms. The molecule has 0 aliphatic carbocycles.